The third-order valence-electron chi connectivity index (χ3n) is 8.80. The zero-order valence-corrected chi connectivity index (χ0v) is 24.1. The van der Waals surface area contributed by atoms with Gasteiger partial charge in [0.2, 0.25) is 11.8 Å². The molecule has 43 heavy (non-hydrogen) atoms. The first-order chi connectivity index (χ1) is 20.6. The topological polar surface area (TPSA) is 137 Å². The fourth-order valence-corrected chi connectivity index (χ4v) is 6.86. The highest BCUT2D eigenvalue weighted by Crippen LogP contribution is 2.50. The fourth-order valence-electron chi connectivity index (χ4n) is 6.86. The molecule has 0 unspecified atom stereocenters. The van der Waals surface area contributed by atoms with Gasteiger partial charge in [-0.1, -0.05) is 24.1 Å². The van der Waals surface area contributed by atoms with Crippen LogP contribution in [0.5, 0.6) is 5.75 Å². The summed E-state index contributed by atoms with van der Waals surface area (Å²) in [6, 6.07) is 9.69. The molecule has 11 heteroatoms. The molecule has 0 radical (unpaired) electrons. The van der Waals surface area contributed by atoms with E-state index in [4.69, 9.17) is 9.76 Å². The van der Waals surface area contributed by atoms with Crippen molar-refractivity contribution in [1.82, 2.24) is 9.88 Å². The molecule has 9 nitrogen and oxygen atoms in total. The molecule has 2 fully saturated rings. The molecule has 2 amide bonds. The van der Waals surface area contributed by atoms with Crippen LogP contribution in [0.15, 0.2) is 53.7 Å². The Morgan fingerprint density at radius 2 is 1.95 bits per heavy atom. The summed E-state index contributed by atoms with van der Waals surface area (Å²) < 4.78 is 20.1. The summed E-state index contributed by atoms with van der Waals surface area (Å²) >= 11 is 0. The Balaban J connectivity index is 1.34. The summed E-state index contributed by atoms with van der Waals surface area (Å²) in [5, 5.41) is 29.2. The molecule has 4 atom stereocenters. The number of aromatic hydroxyl groups is 1. The van der Waals surface area contributed by atoms with Crippen molar-refractivity contribution in [3.8, 4) is 5.75 Å². The van der Waals surface area contributed by atoms with Crippen LogP contribution in [0.3, 0.4) is 0 Å². The number of phenols is 1. The number of unbranched alkanes of at least 4 members (excludes halogenated alkanes) is 2. The maximum absolute atomic E-state index is 14.1. The Hall–Kier alpha value is -3.83. The lowest BCUT2D eigenvalue weighted by Gasteiger charge is -2.42. The second-order valence-electron chi connectivity index (χ2n) is 11.7. The Bertz CT molecular complexity index is 1450. The Labute approximate surface area is 250 Å². The van der Waals surface area contributed by atoms with Gasteiger partial charge < -0.3 is 19.9 Å². The predicted octanol–water partition coefficient (Wildman–Crippen LogP) is 4.71. The standard InChI is InChI=1S/C32H36BFN2O7/c1-19-15-22-30(32(41)36(31(22)40)14-6-2-3-8-28(38)39)23-18-33(42)43-27(29(19)23)12-10-21(25-7-4-5-13-35-25)16-20-9-11-26(37)24(34)17-20/h4-5,7,9,11,13,16-17,22-23,27,30,37,42H,2-3,6,8,10,12,14-15,18H2,1H3,(H,38,39)/b21-16-/t22-,23+,27-,30-/m1/s1. The van der Waals surface area contributed by atoms with Gasteiger partial charge in [-0.2, -0.15) is 0 Å². The van der Waals surface area contributed by atoms with Crippen molar-refractivity contribution in [3.05, 3.63) is 70.8 Å². The number of amides is 2. The van der Waals surface area contributed by atoms with Crippen LogP contribution in [-0.2, 0) is 19.0 Å². The quantitative estimate of drug-likeness (QED) is 0.148. The second kappa shape index (κ2) is 13.2. The van der Waals surface area contributed by atoms with Crippen molar-refractivity contribution in [2.75, 3.05) is 6.54 Å². The van der Waals surface area contributed by atoms with Gasteiger partial charge in [-0.05, 0) is 98.3 Å². The van der Waals surface area contributed by atoms with Gasteiger partial charge in [0.1, 0.15) is 0 Å². The van der Waals surface area contributed by atoms with E-state index in [9.17, 15) is 28.9 Å². The van der Waals surface area contributed by atoms with E-state index in [1.165, 1.54) is 17.0 Å². The lowest BCUT2D eigenvalue weighted by atomic mass is 9.58. The van der Waals surface area contributed by atoms with E-state index in [1.807, 2.05) is 25.1 Å². The van der Waals surface area contributed by atoms with Crippen molar-refractivity contribution in [1.29, 1.82) is 0 Å². The Kier molecular flexibility index (Phi) is 9.42. The summed E-state index contributed by atoms with van der Waals surface area (Å²) in [5.41, 5.74) is 4.05. The van der Waals surface area contributed by atoms with Crippen LogP contribution in [0.1, 0.15) is 63.1 Å². The number of carbonyl (C=O) groups excluding carboxylic acids is 2. The van der Waals surface area contributed by atoms with E-state index in [1.54, 1.807) is 18.3 Å². The molecule has 1 aliphatic carbocycles. The van der Waals surface area contributed by atoms with E-state index in [0.717, 1.165) is 16.7 Å². The van der Waals surface area contributed by atoms with E-state index < -0.39 is 42.6 Å². The zero-order chi connectivity index (χ0) is 30.7. The number of aliphatic carboxylic acids is 1. The van der Waals surface area contributed by atoms with Crippen molar-refractivity contribution in [2.45, 2.75) is 64.3 Å². The summed E-state index contributed by atoms with van der Waals surface area (Å²) in [5.74, 6) is -3.78. The molecule has 2 aliphatic heterocycles. The van der Waals surface area contributed by atoms with Crippen LogP contribution >= 0.6 is 0 Å². The number of halogens is 1. The van der Waals surface area contributed by atoms with E-state index >= 15 is 0 Å². The number of rotatable bonds is 11. The third kappa shape index (κ3) is 6.73. The van der Waals surface area contributed by atoms with Gasteiger partial charge in [-0.15, -0.1) is 0 Å². The number of aromatic nitrogens is 1. The number of allylic oxidation sites excluding steroid dienone is 2. The summed E-state index contributed by atoms with van der Waals surface area (Å²) in [6.45, 7) is 2.23. The molecule has 226 valence electrons. The number of fused-ring (bicyclic) bond motifs is 3. The number of carboxylic acids is 1. The molecule has 2 aromatic rings. The third-order valence-corrected chi connectivity index (χ3v) is 8.80. The molecule has 0 bridgehead atoms. The normalized spacial score (nSPS) is 23.9. The van der Waals surface area contributed by atoms with Gasteiger partial charge in [-0.25, -0.2) is 4.39 Å². The lowest BCUT2D eigenvalue weighted by molar-refractivity contribution is -0.141. The van der Waals surface area contributed by atoms with Gasteiger partial charge in [0.25, 0.3) is 0 Å². The van der Waals surface area contributed by atoms with E-state index in [-0.39, 0.29) is 37.0 Å². The minimum absolute atomic E-state index is 0.0596. The minimum atomic E-state index is -1.09. The van der Waals surface area contributed by atoms with Crippen LogP contribution in [0.4, 0.5) is 4.39 Å². The first-order valence-electron chi connectivity index (χ1n) is 14.8. The Morgan fingerprint density at radius 3 is 2.67 bits per heavy atom. The lowest BCUT2D eigenvalue weighted by Crippen LogP contribution is -2.46. The van der Waals surface area contributed by atoms with Gasteiger partial charge >= 0.3 is 13.1 Å². The van der Waals surface area contributed by atoms with Gasteiger partial charge in [0.15, 0.2) is 11.6 Å². The number of carbonyl (C=O) groups is 3. The van der Waals surface area contributed by atoms with Crippen LogP contribution in [-0.4, -0.2) is 62.7 Å². The fraction of sp³-hybridized carbons (Fsp3) is 0.438. The van der Waals surface area contributed by atoms with Crippen molar-refractivity contribution in [3.63, 3.8) is 0 Å². The smallest absolute Gasteiger partial charge is 0.455 e. The van der Waals surface area contributed by atoms with E-state index in [0.29, 0.717) is 49.8 Å². The van der Waals surface area contributed by atoms with Gasteiger partial charge in [0.05, 0.1) is 23.6 Å². The van der Waals surface area contributed by atoms with Gasteiger partial charge in [0, 0.05) is 19.2 Å². The van der Waals surface area contributed by atoms with Crippen molar-refractivity contribution in [2.24, 2.45) is 17.8 Å². The van der Waals surface area contributed by atoms with E-state index in [2.05, 4.69) is 4.98 Å². The highest BCUT2D eigenvalue weighted by molar-refractivity contribution is 6.43. The Morgan fingerprint density at radius 1 is 1.14 bits per heavy atom. The number of pyridine rings is 1. The zero-order valence-electron chi connectivity index (χ0n) is 24.1. The number of benzene rings is 1. The van der Waals surface area contributed by atoms with Crippen molar-refractivity contribution < 1.29 is 38.7 Å². The average molecular weight is 590 g/mol. The average Bonchev–Trinajstić information content (AvgIpc) is 3.21. The first-order valence-corrected chi connectivity index (χ1v) is 14.8. The molecule has 5 rings (SSSR count). The molecule has 3 N–H and O–H groups in total. The molecule has 3 aliphatic rings. The summed E-state index contributed by atoms with van der Waals surface area (Å²) in [6.07, 6.45) is 6.34. The maximum atomic E-state index is 14.1. The SMILES string of the molecule is CC1=C2[C@@H](CC/C(=C/c3ccc(O)c(F)c3)c3ccccn3)OB(O)C[C@@H]2[C@@H]2C(=O)N(CCCCCC(=O)O)C(=O)[C@@H]2C1. The highest BCUT2D eigenvalue weighted by Gasteiger charge is 2.56. The molecule has 0 saturated carbocycles. The maximum Gasteiger partial charge on any atom is 0.455 e. The molecule has 1 aromatic heterocycles. The molecule has 1 aromatic carbocycles. The molecular weight excluding hydrogens is 554 g/mol. The number of phenolic OH excluding ortho intramolecular Hbond substituents is 1. The summed E-state index contributed by atoms with van der Waals surface area (Å²) in [7, 11) is -1.09. The predicted molar refractivity (Wildman–Crippen MR) is 158 cm³/mol. The number of likely N-dealkylation sites (tertiary alicyclic amines) is 1. The monoisotopic (exact) mass is 590 g/mol. The number of nitrogens with zero attached hydrogens (tertiary/aromatic N) is 2. The van der Waals surface area contributed by atoms with Gasteiger partial charge in [-0.3, -0.25) is 24.3 Å². The molecule has 2 saturated heterocycles. The largest absolute Gasteiger partial charge is 0.505 e. The van der Waals surface area contributed by atoms with Crippen LogP contribution < -0.4 is 0 Å². The first kappa shape index (κ1) is 30.6. The number of imide groups is 1. The summed E-state index contributed by atoms with van der Waals surface area (Å²) in [4.78, 5) is 43.5. The van der Waals surface area contributed by atoms with Crippen molar-refractivity contribution >= 4 is 36.6 Å². The molecule has 3 heterocycles. The molecular formula is C32H36BFN2O7. The number of carboxylic acid groups (broad SMARTS) is 1. The number of hydrogen-bond acceptors (Lipinski definition) is 7. The minimum Gasteiger partial charge on any atom is -0.505 e. The molecule has 0 spiro atoms. The second-order valence-corrected chi connectivity index (χ2v) is 11.7. The van der Waals surface area contributed by atoms with Crippen LogP contribution in [0.25, 0.3) is 11.6 Å². The highest BCUT2D eigenvalue weighted by atomic mass is 19.1. The number of hydrogen-bond donors (Lipinski definition) is 3. The van der Waals surface area contributed by atoms with Crippen LogP contribution in [0, 0.1) is 23.6 Å². The van der Waals surface area contributed by atoms with Crippen LogP contribution in [0.2, 0.25) is 6.32 Å².